The van der Waals surface area contributed by atoms with Crippen molar-refractivity contribution in [3.63, 3.8) is 0 Å². The van der Waals surface area contributed by atoms with Gasteiger partial charge in [0, 0.05) is 17.0 Å². The van der Waals surface area contributed by atoms with E-state index in [-0.39, 0.29) is 11.8 Å². The first kappa shape index (κ1) is 27.3. The molecule has 0 heterocycles. The highest BCUT2D eigenvalue weighted by Crippen LogP contribution is 2.43. The quantitative estimate of drug-likeness (QED) is 0.313. The van der Waals surface area contributed by atoms with E-state index in [4.69, 9.17) is 0 Å². The summed E-state index contributed by atoms with van der Waals surface area (Å²) >= 11 is 0. The number of hydrogen-bond acceptors (Lipinski definition) is 2. The molecule has 0 aliphatic heterocycles. The number of fused-ring (bicyclic) bond motifs is 2. The number of phenols is 1. The largest absolute Gasteiger partial charge is 0.508 e. The molecule has 40 heavy (non-hydrogen) atoms. The molecule has 0 spiro atoms. The van der Waals surface area contributed by atoms with Crippen LogP contribution in [0.15, 0.2) is 42.5 Å². The molecule has 0 amide bonds. The van der Waals surface area contributed by atoms with E-state index in [1.165, 1.54) is 76.6 Å². The molecule has 3 aromatic rings. The predicted molar refractivity (Wildman–Crippen MR) is 165 cm³/mol. The van der Waals surface area contributed by atoms with Gasteiger partial charge in [-0.2, -0.15) is 0 Å². The third kappa shape index (κ3) is 5.39. The highest BCUT2D eigenvalue weighted by atomic mass is 16.3. The molecule has 0 saturated heterocycles. The lowest BCUT2D eigenvalue weighted by atomic mass is 9.84. The van der Waals surface area contributed by atoms with Crippen LogP contribution >= 0.6 is 0 Å². The standard InChI is InChI=1S/C38H46O2/c1-23-14-25(3)26(4)30(16-23)17-24(2)15-28-10-7-11-36(39)37(28)34-20-31-19-33-18-29(13-12-27-8-5-6-9-27)38(40)35(33)22-32(31)21-34/h7,10-11,14,16,19,22,24,27,29,34,39H,5-6,8-9,12-13,15,17-18,20-21H2,1-4H3. The molecule has 210 valence electrons. The van der Waals surface area contributed by atoms with Crippen molar-refractivity contribution in [3.8, 4) is 5.75 Å². The molecule has 0 aromatic heterocycles. The van der Waals surface area contributed by atoms with Crippen LogP contribution < -0.4 is 0 Å². The second kappa shape index (κ2) is 11.2. The van der Waals surface area contributed by atoms with E-state index in [9.17, 15) is 9.90 Å². The van der Waals surface area contributed by atoms with Crippen LogP contribution in [0.2, 0.25) is 0 Å². The second-order valence-corrected chi connectivity index (χ2v) is 13.6. The predicted octanol–water partition coefficient (Wildman–Crippen LogP) is 8.95. The lowest BCUT2D eigenvalue weighted by Crippen LogP contribution is -2.11. The van der Waals surface area contributed by atoms with Gasteiger partial charge in [-0.1, -0.05) is 68.5 Å². The maximum absolute atomic E-state index is 13.4. The SMILES string of the molecule is Cc1cc(C)c(C)c(CC(C)Cc2cccc(O)c2C2Cc3cc4c(cc3C2)C(=O)C(CCC2CCCC2)C4)c1. The Hall–Kier alpha value is -2.87. The Balaban J connectivity index is 1.16. The number of Topliss-reactive ketones (excluding diaryl/α,β-unsaturated/α-hetero) is 1. The zero-order valence-electron chi connectivity index (χ0n) is 25.0. The number of phenolic OH excluding ortho intramolecular Hbond substituents is 1. The second-order valence-electron chi connectivity index (χ2n) is 13.6. The fourth-order valence-corrected chi connectivity index (χ4v) is 8.28. The van der Waals surface area contributed by atoms with Gasteiger partial charge in [0.1, 0.15) is 5.75 Å². The van der Waals surface area contributed by atoms with Crippen molar-refractivity contribution < 1.29 is 9.90 Å². The third-order valence-corrected chi connectivity index (χ3v) is 10.5. The summed E-state index contributed by atoms with van der Waals surface area (Å²) < 4.78 is 0. The van der Waals surface area contributed by atoms with E-state index in [0.717, 1.165) is 55.6 Å². The molecular weight excluding hydrogens is 488 g/mol. The average Bonchev–Trinajstić information content (AvgIpc) is 3.64. The van der Waals surface area contributed by atoms with E-state index in [0.29, 0.717) is 17.5 Å². The van der Waals surface area contributed by atoms with E-state index in [2.05, 4.69) is 58.0 Å². The number of rotatable bonds is 8. The minimum atomic E-state index is 0.195. The minimum absolute atomic E-state index is 0.195. The summed E-state index contributed by atoms with van der Waals surface area (Å²) in [5, 5.41) is 11.1. The number of carbonyl (C=O) groups excluding carboxylic acids is 1. The van der Waals surface area contributed by atoms with E-state index < -0.39 is 0 Å². The molecule has 6 rings (SSSR count). The maximum atomic E-state index is 13.4. The molecule has 3 aliphatic rings. The van der Waals surface area contributed by atoms with Gasteiger partial charge in [0.25, 0.3) is 0 Å². The molecule has 1 N–H and O–H groups in total. The molecule has 3 aliphatic carbocycles. The molecule has 0 bridgehead atoms. The number of ketones is 1. The van der Waals surface area contributed by atoms with Crippen LogP contribution in [0, 0.1) is 38.5 Å². The summed E-state index contributed by atoms with van der Waals surface area (Å²) in [6.07, 6.45) is 12.6. The van der Waals surface area contributed by atoms with Gasteiger partial charge in [-0.15, -0.1) is 0 Å². The molecule has 0 radical (unpaired) electrons. The van der Waals surface area contributed by atoms with Gasteiger partial charge in [-0.3, -0.25) is 4.79 Å². The lowest BCUT2D eigenvalue weighted by Gasteiger charge is -2.21. The Bertz CT molecular complexity index is 1420. The molecule has 3 atom stereocenters. The molecule has 3 aromatic carbocycles. The Labute approximate surface area is 241 Å². The number of carbonyl (C=O) groups is 1. The van der Waals surface area contributed by atoms with Crippen molar-refractivity contribution in [2.75, 3.05) is 0 Å². The van der Waals surface area contributed by atoms with Crippen molar-refractivity contribution in [1.82, 2.24) is 0 Å². The summed E-state index contributed by atoms with van der Waals surface area (Å²) in [4.78, 5) is 13.4. The van der Waals surface area contributed by atoms with Crippen LogP contribution in [-0.2, 0) is 32.1 Å². The number of hydrogen-bond donors (Lipinski definition) is 1. The fraction of sp³-hybridized carbons (Fsp3) is 0.500. The van der Waals surface area contributed by atoms with Crippen molar-refractivity contribution in [2.24, 2.45) is 17.8 Å². The number of aryl methyl sites for hydroxylation is 2. The smallest absolute Gasteiger partial charge is 0.166 e. The van der Waals surface area contributed by atoms with Crippen molar-refractivity contribution in [3.05, 3.63) is 98.1 Å². The monoisotopic (exact) mass is 534 g/mol. The van der Waals surface area contributed by atoms with E-state index in [1.807, 2.05) is 12.1 Å². The van der Waals surface area contributed by atoms with Crippen LogP contribution in [0.25, 0.3) is 0 Å². The highest BCUT2D eigenvalue weighted by molar-refractivity contribution is 6.02. The topological polar surface area (TPSA) is 37.3 Å². The molecule has 1 saturated carbocycles. The van der Waals surface area contributed by atoms with E-state index >= 15 is 0 Å². The summed E-state index contributed by atoms with van der Waals surface area (Å²) in [5.74, 6) is 2.62. The molecular formula is C38H46O2. The maximum Gasteiger partial charge on any atom is 0.166 e. The number of benzene rings is 3. The van der Waals surface area contributed by atoms with Crippen LogP contribution in [0.3, 0.4) is 0 Å². The minimum Gasteiger partial charge on any atom is -0.508 e. The first-order valence-electron chi connectivity index (χ1n) is 15.8. The highest BCUT2D eigenvalue weighted by Gasteiger charge is 2.35. The van der Waals surface area contributed by atoms with Crippen molar-refractivity contribution in [1.29, 1.82) is 0 Å². The Morgan fingerprint density at radius 2 is 1.57 bits per heavy atom. The van der Waals surface area contributed by atoms with Gasteiger partial charge < -0.3 is 5.11 Å². The van der Waals surface area contributed by atoms with Gasteiger partial charge in [0.2, 0.25) is 0 Å². The zero-order valence-corrected chi connectivity index (χ0v) is 25.0. The van der Waals surface area contributed by atoms with E-state index in [1.54, 1.807) is 0 Å². The van der Waals surface area contributed by atoms with Crippen molar-refractivity contribution >= 4 is 5.78 Å². The zero-order chi connectivity index (χ0) is 28.0. The molecule has 2 heteroatoms. The summed E-state index contributed by atoms with van der Waals surface area (Å²) in [6, 6.07) is 15.3. The third-order valence-electron chi connectivity index (χ3n) is 10.5. The average molecular weight is 535 g/mol. The molecule has 3 unspecified atom stereocenters. The van der Waals surface area contributed by atoms with Gasteiger partial charge >= 0.3 is 0 Å². The van der Waals surface area contributed by atoms with Crippen LogP contribution in [0.4, 0.5) is 0 Å². The van der Waals surface area contributed by atoms with Crippen LogP contribution in [0.5, 0.6) is 5.75 Å². The Morgan fingerprint density at radius 3 is 2.35 bits per heavy atom. The first-order valence-corrected chi connectivity index (χ1v) is 15.8. The normalized spacial score (nSPS) is 21.1. The molecule has 1 fully saturated rings. The van der Waals surface area contributed by atoms with Gasteiger partial charge in [0.15, 0.2) is 5.78 Å². The van der Waals surface area contributed by atoms with Crippen molar-refractivity contribution in [2.45, 2.75) is 104 Å². The molecule has 2 nitrogen and oxygen atoms in total. The van der Waals surface area contributed by atoms with Gasteiger partial charge in [-0.25, -0.2) is 0 Å². The summed E-state index contributed by atoms with van der Waals surface area (Å²) in [5.41, 5.74) is 12.9. The number of aromatic hydroxyl groups is 1. The van der Waals surface area contributed by atoms with Gasteiger partial charge in [-0.05, 0) is 135 Å². The summed E-state index contributed by atoms with van der Waals surface area (Å²) in [7, 11) is 0. The first-order chi connectivity index (χ1) is 19.3. The van der Waals surface area contributed by atoms with Gasteiger partial charge in [0.05, 0.1) is 0 Å². The lowest BCUT2D eigenvalue weighted by molar-refractivity contribution is 0.0926. The van der Waals surface area contributed by atoms with Crippen LogP contribution in [-0.4, -0.2) is 10.9 Å². The summed E-state index contributed by atoms with van der Waals surface area (Å²) in [6.45, 7) is 8.98. The Kier molecular flexibility index (Phi) is 7.64. The Morgan fingerprint density at radius 1 is 0.850 bits per heavy atom. The van der Waals surface area contributed by atoms with Crippen LogP contribution in [0.1, 0.15) is 112 Å². The fourth-order valence-electron chi connectivity index (χ4n) is 8.28.